The predicted octanol–water partition coefficient (Wildman–Crippen LogP) is 7.51. The zero-order valence-corrected chi connectivity index (χ0v) is 24.9. The van der Waals surface area contributed by atoms with Gasteiger partial charge >= 0.3 is 5.97 Å². The molecular weight excluding hydrogens is 604 g/mol. The van der Waals surface area contributed by atoms with E-state index < -0.39 is 11.9 Å². The standard InChI is InChI=1S/C29H26BrClN2O5S/c1-16(2)20-13-21(30)17(3)11-23(20)37-15-26(34)33-32-14-18-9-10-22(24(12-18)36-4)38-29(35)28-27(31)19-7-5-6-8-25(19)39-28/h5-14,16H,15H2,1-4H3,(H,33,34)/b32-14-. The predicted molar refractivity (Wildman–Crippen MR) is 159 cm³/mol. The molecule has 0 saturated heterocycles. The number of carbonyl (C=O) groups excluding carboxylic acids is 2. The Hall–Kier alpha value is -3.40. The van der Waals surface area contributed by atoms with E-state index in [1.165, 1.54) is 24.7 Å². The van der Waals surface area contributed by atoms with Crippen LogP contribution < -0.4 is 19.6 Å². The van der Waals surface area contributed by atoms with Crippen molar-refractivity contribution in [2.45, 2.75) is 26.7 Å². The second kappa shape index (κ2) is 12.6. The first-order valence-electron chi connectivity index (χ1n) is 12.0. The highest BCUT2D eigenvalue weighted by Crippen LogP contribution is 2.37. The Morgan fingerprint density at radius 2 is 1.87 bits per heavy atom. The lowest BCUT2D eigenvalue weighted by Crippen LogP contribution is -2.25. The van der Waals surface area contributed by atoms with Crippen molar-refractivity contribution in [2.24, 2.45) is 5.10 Å². The topological polar surface area (TPSA) is 86.2 Å². The van der Waals surface area contributed by atoms with Crippen LogP contribution in [0.15, 0.2) is 64.2 Å². The Balaban J connectivity index is 1.38. The monoisotopic (exact) mass is 628 g/mol. The molecule has 10 heteroatoms. The maximum atomic E-state index is 12.8. The van der Waals surface area contributed by atoms with Gasteiger partial charge in [0.1, 0.15) is 10.6 Å². The number of rotatable bonds is 9. The summed E-state index contributed by atoms with van der Waals surface area (Å²) in [6.45, 7) is 5.91. The normalized spacial score (nSPS) is 11.3. The number of halogens is 2. The molecule has 3 aromatic carbocycles. The van der Waals surface area contributed by atoms with Crippen LogP contribution in [0, 0.1) is 6.92 Å². The van der Waals surface area contributed by atoms with Crippen molar-refractivity contribution in [3.05, 3.63) is 85.7 Å². The van der Waals surface area contributed by atoms with Crippen LogP contribution in [-0.2, 0) is 4.79 Å². The maximum absolute atomic E-state index is 12.8. The van der Waals surface area contributed by atoms with Gasteiger partial charge in [-0.05, 0) is 65.9 Å². The van der Waals surface area contributed by atoms with Gasteiger partial charge in [0, 0.05) is 14.6 Å². The smallest absolute Gasteiger partial charge is 0.355 e. The number of hydrazone groups is 1. The van der Waals surface area contributed by atoms with Gasteiger partial charge in [-0.1, -0.05) is 59.6 Å². The van der Waals surface area contributed by atoms with Gasteiger partial charge in [-0.2, -0.15) is 5.10 Å². The van der Waals surface area contributed by atoms with Crippen molar-refractivity contribution in [1.82, 2.24) is 5.43 Å². The number of amides is 1. The number of thiophene rings is 1. The minimum Gasteiger partial charge on any atom is -0.493 e. The second-order valence-electron chi connectivity index (χ2n) is 8.92. The Morgan fingerprint density at radius 3 is 2.59 bits per heavy atom. The molecule has 4 aromatic rings. The molecule has 0 bridgehead atoms. The molecular formula is C29H26BrClN2O5S. The highest BCUT2D eigenvalue weighted by atomic mass is 79.9. The zero-order valence-electron chi connectivity index (χ0n) is 21.7. The number of hydrogen-bond acceptors (Lipinski definition) is 7. The highest BCUT2D eigenvalue weighted by Gasteiger charge is 2.20. The van der Waals surface area contributed by atoms with E-state index >= 15 is 0 Å². The van der Waals surface area contributed by atoms with Crippen LogP contribution in [0.4, 0.5) is 0 Å². The molecule has 0 saturated carbocycles. The van der Waals surface area contributed by atoms with Crippen molar-refractivity contribution < 1.29 is 23.8 Å². The molecule has 1 amide bonds. The molecule has 0 aliphatic rings. The molecule has 0 unspecified atom stereocenters. The molecule has 1 aromatic heterocycles. The number of hydrogen-bond donors (Lipinski definition) is 1. The van der Waals surface area contributed by atoms with Gasteiger partial charge in [0.05, 0.1) is 18.3 Å². The van der Waals surface area contributed by atoms with Gasteiger partial charge in [-0.15, -0.1) is 11.3 Å². The van der Waals surface area contributed by atoms with Gasteiger partial charge in [0.15, 0.2) is 18.1 Å². The van der Waals surface area contributed by atoms with Crippen molar-refractivity contribution in [1.29, 1.82) is 0 Å². The van der Waals surface area contributed by atoms with Gasteiger partial charge in [-0.25, -0.2) is 10.2 Å². The molecule has 1 N–H and O–H groups in total. The van der Waals surface area contributed by atoms with Crippen molar-refractivity contribution >= 4 is 67.0 Å². The first-order chi connectivity index (χ1) is 18.7. The highest BCUT2D eigenvalue weighted by molar-refractivity contribution is 9.10. The second-order valence-corrected chi connectivity index (χ2v) is 11.2. The Bertz CT molecular complexity index is 1570. The number of esters is 1. The number of carbonyl (C=O) groups is 2. The van der Waals surface area contributed by atoms with E-state index in [4.69, 9.17) is 25.8 Å². The van der Waals surface area contributed by atoms with Crippen LogP contribution in [0.3, 0.4) is 0 Å². The third-order valence-corrected chi connectivity index (χ3v) is 8.30. The molecule has 0 aliphatic carbocycles. The fraction of sp³-hybridized carbons (Fsp3) is 0.207. The van der Waals surface area contributed by atoms with Gasteiger partial charge in [0.25, 0.3) is 5.91 Å². The number of methoxy groups -OCH3 is 1. The number of fused-ring (bicyclic) bond motifs is 1. The zero-order chi connectivity index (χ0) is 28.1. The number of nitrogens with one attached hydrogen (secondary N) is 1. The SMILES string of the molecule is COc1cc(/C=N\NC(=O)COc2cc(C)c(Br)cc2C(C)C)ccc1OC(=O)c1sc2ccccc2c1Cl. The van der Waals surface area contributed by atoms with E-state index in [2.05, 4.69) is 40.3 Å². The third-order valence-electron chi connectivity index (χ3n) is 5.79. The van der Waals surface area contributed by atoms with Gasteiger partial charge in [-0.3, -0.25) is 4.79 Å². The van der Waals surface area contributed by atoms with Crippen LogP contribution in [0.25, 0.3) is 10.1 Å². The molecule has 0 fully saturated rings. The molecule has 202 valence electrons. The van der Waals surface area contributed by atoms with Crippen LogP contribution >= 0.6 is 38.9 Å². The van der Waals surface area contributed by atoms with Crippen molar-refractivity contribution in [3.63, 3.8) is 0 Å². The number of ether oxygens (including phenoxy) is 3. The first-order valence-corrected chi connectivity index (χ1v) is 14.0. The number of aryl methyl sites for hydroxylation is 1. The Morgan fingerprint density at radius 1 is 1.10 bits per heavy atom. The average Bonchev–Trinajstić information content (AvgIpc) is 3.26. The Kier molecular flexibility index (Phi) is 9.27. The van der Waals surface area contributed by atoms with Crippen molar-refractivity contribution in [2.75, 3.05) is 13.7 Å². The quantitative estimate of drug-likeness (QED) is 0.0897. The lowest BCUT2D eigenvalue weighted by molar-refractivity contribution is -0.123. The summed E-state index contributed by atoms with van der Waals surface area (Å²) in [5.74, 6) is 0.477. The summed E-state index contributed by atoms with van der Waals surface area (Å²) in [5, 5.41) is 5.16. The van der Waals surface area contributed by atoms with E-state index in [9.17, 15) is 9.59 Å². The summed E-state index contributed by atoms with van der Waals surface area (Å²) in [6.07, 6.45) is 1.46. The fourth-order valence-corrected chi connectivity index (χ4v) is 5.49. The summed E-state index contributed by atoms with van der Waals surface area (Å²) in [7, 11) is 1.47. The Labute approximate surface area is 243 Å². The molecule has 0 radical (unpaired) electrons. The first kappa shape index (κ1) is 28.6. The van der Waals surface area contributed by atoms with E-state index in [1.54, 1.807) is 18.2 Å². The van der Waals surface area contributed by atoms with Crippen LogP contribution in [-0.4, -0.2) is 31.8 Å². The van der Waals surface area contributed by atoms with Gasteiger partial charge in [0.2, 0.25) is 0 Å². The van der Waals surface area contributed by atoms with Crippen molar-refractivity contribution in [3.8, 4) is 17.2 Å². The molecule has 39 heavy (non-hydrogen) atoms. The summed E-state index contributed by atoms with van der Waals surface area (Å²) < 4.78 is 18.6. The maximum Gasteiger partial charge on any atom is 0.355 e. The van der Waals surface area contributed by atoms with E-state index in [0.29, 0.717) is 27.0 Å². The van der Waals surface area contributed by atoms with Gasteiger partial charge < -0.3 is 14.2 Å². The summed E-state index contributed by atoms with van der Waals surface area (Å²) in [5.41, 5.74) is 5.10. The van der Waals surface area contributed by atoms with E-state index in [-0.39, 0.29) is 18.3 Å². The molecule has 7 nitrogen and oxygen atoms in total. The largest absolute Gasteiger partial charge is 0.493 e. The summed E-state index contributed by atoms with van der Waals surface area (Å²) >= 11 is 11.2. The molecule has 1 heterocycles. The fourth-order valence-electron chi connectivity index (χ4n) is 3.74. The number of nitrogens with zero attached hydrogens (tertiary/aromatic N) is 1. The average molecular weight is 630 g/mol. The van der Waals surface area contributed by atoms with Crippen LogP contribution in [0.2, 0.25) is 5.02 Å². The third kappa shape index (κ3) is 6.79. The molecule has 4 rings (SSSR count). The minimum absolute atomic E-state index is 0.184. The minimum atomic E-state index is -0.574. The van der Waals surface area contributed by atoms with Crippen LogP contribution in [0.5, 0.6) is 17.2 Å². The van der Waals surface area contributed by atoms with Crippen LogP contribution in [0.1, 0.15) is 46.1 Å². The summed E-state index contributed by atoms with van der Waals surface area (Å²) in [4.78, 5) is 25.5. The van der Waals surface area contributed by atoms with E-state index in [1.807, 2.05) is 43.3 Å². The molecule has 0 aliphatic heterocycles. The number of benzene rings is 3. The lowest BCUT2D eigenvalue weighted by atomic mass is 10.0. The molecule has 0 spiro atoms. The van der Waals surface area contributed by atoms with E-state index in [0.717, 1.165) is 25.7 Å². The summed E-state index contributed by atoms with van der Waals surface area (Å²) in [6, 6.07) is 16.3. The molecule has 0 atom stereocenters. The lowest BCUT2D eigenvalue weighted by Gasteiger charge is -2.15.